The molecule has 0 saturated heterocycles. The summed E-state index contributed by atoms with van der Waals surface area (Å²) in [5, 5.41) is 0. The Balaban J connectivity index is 2.81. The number of fused-ring (bicyclic) bond motifs is 1. The molecule has 4 nitrogen and oxygen atoms in total. The van der Waals surface area contributed by atoms with Crippen molar-refractivity contribution in [3.05, 3.63) is 28.8 Å². The fourth-order valence-electron chi connectivity index (χ4n) is 1.09. The molecule has 0 saturated carbocycles. The van der Waals surface area contributed by atoms with Gasteiger partial charge in [0.15, 0.2) is 0 Å². The molecule has 62 valence electrons. The minimum atomic E-state index is 0.452. The van der Waals surface area contributed by atoms with E-state index in [0.717, 1.165) is 10.3 Å². The Labute approximate surface area is 77.6 Å². The van der Waals surface area contributed by atoms with Gasteiger partial charge in [-0.2, -0.15) is 0 Å². The van der Waals surface area contributed by atoms with Crippen molar-refractivity contribution in [2.24, 2.45) is 5.73 Å². The fourth-order valence-corrected chi connectivity index (χ4v) is 1.60. The van der Waals surface area contributed by atoms with Gasteiger partial charge in [0, 0.05) is 18.9 Å². The molecule has 2 N–H and O–H groups in total. The minimum absolute atomic E-state index is 0.452. The van der Waals surface area contributed by atoms with Crippen molar-refractivity contribution in [2.45, 2.75) is 6.54 Å². The Morgan fingerprint density at radius 3 is 3.17 bits per heavy atom. The molecule has 0 aliphatic rings. The molecule has 2 heterocycles. The monoisotopic (exact) mass is 226 g/mol. The van der Waals surface area contributed by atoms with E-state index >= 15 is 0 Å². The van der Waals surface area contributed by atoms with E-state index in [1.807, 2.05) is 16.7 Å². The molecule has 0 aliphatic carbocycles. The van der Waals surface area contributed by atoms with E-state index in [2.05, 4.69) is 25.9 Å². The third-order valence-electron chi connectivity index (χ3n) is 1.65. The fraction of sp³-hybridized carbons (Fsp3) is 0.143. The zero-order valence-corrected chi connectivity index (χ0v) is 7.82. The molecular formula is C7H7BrN4. The van der Waals surface area contributed by atoms with Crippen LogP contribution in [0.5, 0.6) is 0 Å². The summed E-state index contributed by atoms with van der Waals surface area (Å²) in [5.74, 6) is 0.671. The van der Waals surface area contributed by atoms with E-state index < -0.39 is 0 Å². The van der Waals surface area contributed by atoms with E-state index in [9.17, 15) is 0 Å². The third-order valence-corrected chi connectivity index (χ3v) is 2.28. The Morgan fingerprint density at radius 1 is 1.58 bits per heavy atom. The highest BCUT2D eigenvalue weighted by Crippen LogP contribution is 2.15. The van der Waals surface area contributed by atoms with Crippen LogP contribution in [0.3, 0.4) is 0 Å². The summed E-state index contributed by atoms with van der Waals surface area (Å²) in [6.45, 7) is 0.452. The van der Waals surface area contributed by atoms with E-state index in [0.29, 0.717) is 12.3 Å². The topological polar surface area (TPSA) is 56.2 Å². The SMILES string of the molecule is NCc1c(Br)nc2ncccn12. The van der Waals surface area contributed by atoms with E-state index in [1.54, 1.807) is 6.20 Å². The highest BCUT2D eigenvalue weighted by atomic mass is 79.9. The molecule has 5 heteroatoms. The van der Waals surface area contributed by atoms with E-state index in [4.69, 9.17) is 5.73 Å². The lowest BCUT2D eigenvalue weighted by Gasteiger charge is -1.95. The summed E-state index contributed by atoms with van der Waals surface area (Å²) in [7, 11) is 0. The van der Waals surface area contributed by atoms with Gasteiger partial charge >= 0.3 is 0 Å². The van der Waals surface area contributed by atoms with Gasteiger partial charge in [0.2, 0.25) is 5.78 Å². The van der Waals surface area contributed by atoms with Crippen LogP contribution in [0.2, 0.25) is 0 Å². The molecule has 0 radical (unpaired) electrons. The summed E-state index contributed by atoms with van der Waals surface area (Å²) < 4.78 is 2.63. The summed E-state index contributed by atoms with van der Waals surface area (Å²) in [5.41, 5.74) is 6.49. The lowest BCUT2D eigenvalue weighted by Crippen LogP contribution is -2.01. The highest BCUT2D eigenvalue weighted by Gasteiger charge is 2.07. The van der Waals surface area contributed by atoms with Gasteiger partial charge in [-0.15, -0.1) is 0 Å². The van der Waals surface area contributed by atoms with Crippen LogP contribution in [0.15, 0.2) is 23.1 Å². The summed E-state index contributed by atoms with van der Waals surface area (Å²) in [4.78, 5) is 8.25. The van der Waals surface area contributed by atoms with Crippen LogP contribution in [-0.4, -0.2) is 14.4 Å². The van der Waals surface area contributed by atoms with Crippen molar-refractivity contribution in [2.75, 3.05) is 0 Å². The van der Waals surface area contributed by atoms with Crippen LogP contribution in [-0.2, 0) is 6.54 Å². The summed E-state index contributed by atoms with van der Waals surface area (Å²) in [6, 6.07) is 1.85. The van der Waals surface area contributed by atoms with Crippen LogP contribution in [0.4, 0.5) is 0 Å². The van der Waals surface area contributed by atoms with Crippen molar-refractivity contribution >= 4 is 21.7 Å². The Kier molecular flexibility index (Phi) is 1.82. The van der Waals surface area contributed by atoms with Gasteiger partial charge in [0.25, 0.3) is 0 Å². The number of aromatic nitrogens is 3. The molecule has 0 unspecified atom stereocenters. The molecular weight excluding hydrogens is 220 g/mol. The van der Waals surface area contributed by atoms with Crippen LogP contribution >= 0.6 is 15.9 Å². The van der Waals surface area contributed by atoms with Crippen molar-refractivity contribution in [1.82, 2.24) is 14.4 Å². The second kappa shape index (κ2) is 2.84. The quantitative estimate of drug-likeness (QED) is 0.788. The summed E-state index contributed by atoms with van der Waals surface area (Å²) >= 11 is 3.32. The maximum Gasteiger partial charge on any atom is 0.235 e. The molecule has 0 atom stereocenters. The lowest BCUT2D eigenvalue weighted by molar-refractivity contribution is 0.941. The first-order valence-corrected chi connectivity index (χ1v) is 4.29. The van der Waals surface area contributed by atoms with Crippen molar-refractivity contribution in [3.63, 3.8) is 0 Å². The van der Waals surface area contributed by atoms with Gasteiger partial charge in [0.05, 0.1) is 5.69 Å². The molecule has 0 aromatic carbocycles. The first-order chi connectivity index (χ1) is 5.83. The maximum absolute atomic E-state index is 5.54. The van der Waals surface area contributed by atoms with E-state index in [-0.39, 0.29) is 0 Å². The van der Waals surface area contributed by atoms with Gasteiger partial charge in [-0.25, -0.2) is 9.97 Å². The van der Waals surface area contributed by atoms with Gasteiger partial charge in [-0.05, 0) is 22.0 Å². The number of rotatable bonds is 1. The second-order valence-corrected chi connectivity index (χ2v) is 3.09. The van der Waals surface area contributed by atoms with E-state index in [1.165, 1.54) is 0 Å². The van der Waals surface area contributed by atoms with Gasteiger partial charge in [-0.3, -0.25) is 4.40 Å². The largest absolute Gasteiger partial charge is 0.325 e. The predicted molar refractivity (Wildman–Crippen MR) is 48.6 cm³/mol. The smallest absolute Gasteiger partial charge is 0.235 e. The third kappa shape index (κ3) is 1.02. The lowest BCUT2D eigenvalue weighted by atomic mass is 10.5. The normalized spacial score (nSPS) is 10.8. The predicted octanol–water partition coefficient (Wildman–Crippen LogP) is 0.951. The van der Waals surface area contributed by atoms with Gasteiger partial charge in [0.1, 0.15) is 4.60 Å². The molecule has 0 amide bonds. The van der Waals surface area contributed by atoms with Crippen LogP contribution in [0.25, 0.3) is 5.78 Å². The first kappa shape index (κ1) is 7.70. The Bertz CT molecular complexity index is 409. The Morgan fingerprint density at radius 2 is 2.42 bits per heavy atom. The number of nitrogens with two attached hydrogens (primary N) is 1. The molecule has 0 bridgehead atoms. The first-order valence-electron chi connectivity index (χ1n) is 3.50. The number of halogens is 1. The van der Waals surface area contributed by atoms with Crippen LogP contribution in [0.1, 0.15) is 5.69 Å². The molecule has 0 aliphatic heterocycles. The zero-order chi connectivity index (χ0) is 8.55. The maximum atomic E-state index is 5.54. The molecule has 2 aromatic rings. The molecule has 0 spiro atoms. The van der Waals surface area contributed by atoms with Crippen molar-refractivity contribution in [3.8, 4) is 0 Å². The molecule has 0 fully saturated rings. The number of imidazole rings is 1. The second-order valence-electron chi connectivity index (χ2n) is 2.34. The Hall–Kier alpha value is -0.940. The standard InChI is InChI=1S/C7H7BrN4/c8-6-5(4-9)12-3-1-2-10-7(12)11-6/h1-3H,4,9H2. The minimum Gasteiger partial charge on any atom is -0.325 e. The summed E-state index contributed by atoms with van der Waals surface area (Å²) in [6.07, 6.45) is 3.59. The molecule has 2 rings (SSSR count). The number of hydrogen-bond donors (Lipinski definition) is 1. The number of hydrogen-bond acceptors (Lipinski definition) is 3. The van der Waals surface area contributed by atoms with Gasteiger partial charge < -0.3 is 5.73 Å². The number of nitrogens with zero attached hydrogens (tertiary/aromatic N) is 3. The van der Waals surface area contributed by atoms with Crippen molar-refractivity contribution < 1.29 is 0 Å². The average Bonchev–Trinajstić information content (AvgIpc) is 2.40. The van der Waals surface area contributed by atoms with Crippen LogP contribution < -0.4 is 5.73 Å². The van der Waals surface area contributed by atoms with Gasteiger partial charge in [-0.1, -0.05) is 0 Å². The highest BCUT2D eigenvalue weighted by molar-refractivity contribution is 9.10. The zero-order valence-electron chi connectivity index (χ0n) is 6.24. The molecule has 2 aromatic heterocycles. The average molecular weight is 227 g/mol. The van der Waals surface area contributed by atoms with Crippen LogP contribution in [0, 0.1) is 0 Å². The van der Waals surface area contributed by atoms with Crippen molar-refractivity contribution in [1.29, 1.82) is 0 Å². The molecule has 12 heavy (non-hydrogen) atoms.